The third-order valence-corrected chi connectivity index (χ3v) is 2.67. The van der Waals surface area contributed by atoms with Gasteiger partial charge in [0.05, 0.1) is 12.7 Å². The summed E-state index contributed by atoms with van der Waals surface area (Å²) in [4.78, 5) is 2.27. The standard InChI is InChI=1S/C11H23NO3/c1-14-7-3-8-15-9-6-12-5-2-4-11(13)10-12/h11,13H,2-10H2,1H3/t11-/m0/s1. The molecule has 4 heteroatoms. The molecule has 1 heterocycles. The Morgan fingerprint density at radius 2 is 2.20 bits per heavy atom. The van der Waals surface area contributed by atoms with Gasteiger partial charge in [0.15, 0.2) is 0 Å². The lowest BCUT2D eigenvalue weighted by molar-refractivity contribution is 0.0409. The van der Waals surface area contributed by atoms with Crippen LogP contribution in [0, 0.1) is 0 Å². The van der Waals surface area contributed by atoms with Gasteiger partial charge in [0.1, 0.15) is 0 Å². The molecule has 0 aromatic heterocycles. The van der Waals surface area contributed by atoms with Crippen LogP contribution in [0.25, 0.3) is 0 Å². The first-order valence-corrected chi connectivity index (χ1v) is 5.80. The molecule has 0 spiro atoms. The molecule has 1 N–H and O–H groups in total. The Bertz CT molecular complexity index is 155. The zero-order valence-corrected chi connectivity index (χ0v) is 9.65. The molecule has 1 rings (SSSR count). The fourth-order valence-corrected chi connectivity index (χ4v) is 1.84. The molecule has 0 aromatic rings. The highest BCUT2D eigenvalue weighted by Crippen LogP contribution is 2.08. The highest BCUT2D eigenvalue weighted by atomic mass is 16.5. The van der Waals surface area contributed by atoms with Gasteiger partial charge in [-0.25, -0.2) is 0 Å². The van der Waals surface area contributed by atoms with Gasteiger partial charge in [-0.1, -0.05) is 0 Å². The zero-order chi connectivity index (χ0) is 10.9. The highest BCUT2D eigenvalue weighted by Gasteiger charge is 2.16. The van der Waals surface area contributed by atoms with Gasteiger partial charge >= 0.3 is 0 Å². The number of aliphatic hydroxyl groups is 1. The summed E-state index contributed by atoms with van der Waals surface area (Å²) < 4.78 is 10.4. The number of nitrogens with zero attached hydrogens (tertiary/aromatic N) is 1. The number of rotatable bonds is 7. The van der Waals surface area contributed by atoms with Crippen molar-refractivity contribution < 1.29 is 14.6 Å². The number of methoxy groups -OCH3 is 1. The van der Waals surface area contributed by atoms with Crippen LogP contribution in [-0.2, 0) is 9.47 Å². The number of piperidine rings is 1. The van der Waals surface area contributed by atoms with Crippen molar-refractivity contribution in [3.8, 4) is 0 Å². The quantitative estimate of drug-likeness (QED) is 0.630. The Morgan fingerprint density at radius 1 is 1.33 bits per heavy atom. The predicted octanol–water partition coefficient (Wildman–Crippen LogP) is 0.496. The molecular formula is C11H23NO3. The molecule has 1 saturated heterocycles. The summed E-state index contributed by atoms with van der Waals surface area (Å²) >= 11 is 0. The monoisotopic (exact) mass is 217 g/mol. The van der Waals surface area contributed by atoms with Gasteiger partial charge in [0.25, 0.3) is 0 Å². The van der Waals surface area contributed by atoms with E-state index in [1.165, 1.54) is 0 Å². The van der Waals surface area contributed by atoms with Crippen LogP contribution in [0.15, 0.2) is 0 Å². The lowest BCUT2D eigenvalue weighted by atomic mass is 10.1. The number of ether oxygens (including phenoxy) is 2. The summed E-state index contributed by atoms with van der Waals surface area (Å²) in [6.45, 7) is 5.13. The number of hydrogen-bond acceptors (Lipinski definition) is 4. The minimum atomic E-state index is -0.132. The molecule has 1 aliphatic heterocycles. The Hall–Kier alpha value is -0.160. The van der Waals surface area contributed by atoms with Crippen LogP contribution in [0.5, 0.6) is 0 Å². The van der Waals surface area contributed by atoms with Crippen LogP contribution in [0.3, 0.4) is 0 Å². The number of aliphatic hydroxyl groups excluding tert-OH is 1. The van der Waals surface area contributed by atoms with E-state index >= 15 is 0 Å². The summed E-state index contributed by atoms with van der Waals surface area (Å²) in [5.74, 6) is 0. The SMILES string of the molecule is COCCCOCCN1CCC[C@H](O)C1. The van der Waals surface area contributed by atoms with Crippen molar-refractivity contribution in [2.24, 2.45) is 0 Å². The Morgan fingerprint density at radius 3 is 2.93 bits per heavy atom. The van der Waals surface area contributed by atoms with Gasteiger partial charge in [-0.05, 0) is 25.8 Å². The van der Waals surface area contributed by atoms with E-state index in [0.29, 0.717) is 0 Å². The van der Waals surface area contributed by atoms with Crippen molar-refractivity contribution in [2.75, 3.05) is 46.6 Å². The van der Waals surface area contributed by atoms with Gasteiger partial charge in [-0.2, -0.15) is 0 Å². The molecule has 0 radical (unpaired) electrons. The van der Waals surface area contributed by atoms with Gasteiger partial charge in [-0.15, -0.1) is 0 Å². The fraction of sp³-hybridized carbons (Fsp3) is 1.00. The summed E-state index contributed by atoms with van der Waals surface area (Å²) in [6, 6.07) is 0. The van der Waals surface area contributed by atoms with E-state index in [1.807, 2.05) is 0 Å². The molecule has 1 aliphatic rings. The molecule has 90 valence electrons. The maximum absolute atomic E-state index is 9.45. The summed E-state index contributed by atoms with van der Waals surface area (Å²) in [5, 5.41) is 9.45. The first-order valence-electron chi connectivity index (χ1n) is 5.80. The average Bonchev–Trinajstić information content (AvgIpc) is 2.23. The first kappa shape index (κ1) is 12.9. The highest BCUT2D eigenvalue weighted by molar-refractivity contribution is 4.71. The predicted molar refractivity (Wildman–Crippen MR) is 59.0 cm³/mol. The lowest BCUT2D eigenvalue weighted by Crippen LogP contribution is -2.40. The van der Waals surface area contributed by atoms with Crippen molar-refractivity contribution in [3.05, 3.63) is 0 Å². The van der Waals surface area contributed by atoms with Crippen LogP contribution in [-0.4, -0.2) is 62.7 Å². The molecule has 0 aliphatic carbocycles. The minimum absolute atomic E-state index is 0.132. The lowest BCUT2D eigenvalue weighted by Gasteiger charge is -2.29. The van der Waals surface area contributed by atoms with E-state index in [2.05, 4.69) is 4.90 Å². The maximum atomic E-state index is 9.45. The van der Waals surface area contributed by atoms with Crippen molar-refractivity contribution in [1.82, 2.24) is 4.90 Å². The topological polar surface area (TPSA) is 41.9 Å². The molecule has 0 bridgehead atoms. The van der Waals surface area contributed by atoms with E-state index in [9.17, 15) is 5.11 Å². The van der Waals surface area contributed by atoms with Crippen LogP contribution in [0.4, 0.5) is 0 Å². The van der Waals surface area contributed by atoms with Crippen molar-refractivity contribution in [3.63, 3.8) is 0 Å². The molecule has 0 saturated carbocycles. The van der Waals surface area contributed by atoms with Crippen LogP contribution < -0.4 is 0 Å². The second-order valence-corrected chi connectivity index (χ2v) is 4.06. The number of likely N-dealkylation sites (tertiary alicyclic amines) is 1. The molecule has 1 atom stereocenters. The molecule has 15 heavy (non-hydrogen) atoms. The molecule has 0 unspecified atom stereocenters. The molecule has 1 fully saturated rings. The van der Waals surface area contributed by atoms with E-state index in [4.69, 9.17) is 9.47 Å². The van der Waals surface area contributed by atoms with Crippen LogP contribution in [0.2, 0.25) is 0 Å². The smallest absolute Gasteiger partial charge is 0.0667 e. The maximum Gasteiger partial charge on any atom is 0.0667 e. The number of hydrogen-bond donors (Lipinski definition) is 1. The second kappa shape index (κ2) is 8.05. The minimum Gasteiger partial charge on any atom is -0.392 e. The number of β-amino-alcohol motifs (C(OH)–C–C–N with tert-alkyl or cyclic N) is 1. The second-order valence-electron chi connectivity index (χ2n) is 4.06. The average molecular weight is 217 g/mol. The Balaban J connectivity index is 1.90. The zero-order valence-electron chi connectivity index (χ0n) is 9.65. The van der Waals surface area contributed by atoms with E-state index in [0.717, 1.165) is 58.7 Å². The molecule has 0 amide bonds. The third-order valence-electron chi connectivity index (χ3n) is 2.67. The van der Waals surface area contributed by atoms with E-state index in [-0.39, 0.29) is 6.10 Å². The Labute approximate surface area is 92.2 Å². The Kier molecular flexibility index (Phi) is 6.92. The van der Waals surface area contributed by atoms with Gasteiger partial charge in [0.2, 0.25) is 0 Å². The van der Waals surface area contributed by atoms with Crippen LogP contribution >= 0.6 is 0 Å². The van der Waals surface area contributed by atoms with Crippen molar-refractivity contribution >= 4 is 0 Å². The largest absolute Gasteiger partial charge is 0.392 e. The first-order chi connectivity index (χ1) is 7.33. The summed E-state index contributed by atoms with van der Waals surface area (Å²) in [7, 11) is 1.70. The van der Waals surface area contributed by atoms with E-state index < -0.39 is 0 Å². The van der Waals surface area contributed by atoms with Crippen molar-refractivity contribution in [2.45, 2.75) is 25.4 Å². The summed E-state index contributed by atoms with van der Waals surface area (Å²) in [6.07, 6.45) is 2.88. The molecule has 0 aromatic carbocycles. The van der Waals surface area contributed by atoms with Gasteiger partial charge in [-0.3, -0.25) is 4.90 Å². The normalized spacial score (nSPS) is 23.2. The van der Waals surface area contributed by atoms with Crippen molar-refractivity contribution in [1.29, 1.82) is 0 Å². The van der Waals surface area contributed by atoms with Gasteiger partial charge < -0.3 is 14.6 Å². The summed E-state index contributed by atoms with van der Waals surface area (Å²) in [5.41, 5.74) is 0. The third kappa shape index (κ3) is 6.10. The molecular weight excluding hydrogens is 194 g/mol. The molecule has 4 nitrogen and oxygen atoms in total. The van der Waals surface area contributed by atoms with Crippen LogP contribution in [0.1, 0.15) is 19.3 Å². The fourth-order valence-electron chi connectivity index (χ4n) is 1.84. The van der Waals surface area contributed by atoms with E-state index in [1.54, 1.807) is 7.11 Å². The van der Waals surface area contributed by atoms with Gasteiger partial charge in [0, 0.05) is 33.4 Å².